The highest BCUT2D eigenvalue weighted by molar-refractivity contribution is 9.10. The van der Waals surface area contributed by atoms with Crippen molar-refractivity contribution in [1.82, 2.24) is 9.97 Å². The van der Waals surface area contributed by atoms with E-state index in [1.807, 2.05) is 32.9 Å². The van der Waals surface area contributed by atoms with Gasteiger partial charge in [0.2, 0.25) is 0 Å². The number of halogens is 3. The van der Waals surface area contributed by atoms with Gasteiger partial charge in [0.15, 0.2) is 0 Å². The van der Waals surface area contributed by atoms with Gasteiger partial charge in [0, 0.05) is 15.5 Å². The summed E-state index contributed by atoms with van der Waals surface area (Å²) in [5, 5.41) is 0.540. The average molecular weight is 421 g/mol. The molecule has 2 aromatic rings. The molecule has 0 amide bonds. The number of nitrogens with zero attached hydrogens (tertiary/aromatic N) is 1. The van der Waals surface area contributed by atoms with Gasteiger partial charge in [0.1, 0.15) is 10.3 Å². The Morgan fingerprint density at radius 1 is 1.25 bits per heavy atom. The molecule has 0 saturated heterocycles. The number of nitrogens with one attached hydrogen (secondary N) is 1. The molecule has 20 heavy (non-hydrogen) atoms. The van der Waals surface area contributed by atoms with Crippen molar-refractivity contribution in [1.29, 1.82) is 0 Å². The van der Waals surface area contributed by atoms with E-state index in [0.717, 1.165) is 4.47 Å². The van der Waals surface area contributed by atoms with Crippen molar-refractivity contribution >= 4 is 43.5 Å². The highest BCUT2D eigenvalue weighted by Gasteiger charge is 2.22. The van der Waals surface area contributed by atoms with E-state index < -0.39 is 0 Å². The first kappa shape index (κ1) is 15.7. The second-order valence-electron chi connectivity index (χ2n) is 5.45. The van der Waals surface area contributed by atoms with Crippen LogP contribution in [0.25, 0.3) is 11.4 Å². The van der Waals surface area contributed by atoms with Crippen LogP contribution in [0.1, 0.15) is 26.5 Å². The fourth-order valence-electron chi connectivity index (χ4n) is 1.76. The molecule has 0 aliphatic heterocycles. The third-order valence-electron chi connectivity index (χ3n) is 2.76. The lowest BCUT2D eigenvalue weighted by Crippen LogP contribution is -2.22. The molecule has 0 radical (unpaired) electrons. The Labute approximate surface area is 139 Å². The zero-order valence-corrected chi connectivity index (χ0v) is 15.1. The van der Waals surface area contributed by atoms with Crippen LogP contribution in [0.4, 0.5) is 0 Å². The number of hydrogen-bond acceptors (Lipinski definition) is 2. The molecule has 0 atom stereocenters. The van der Waals surface area contributed by atoms with Crippen molar-refractivity contribution in [3.8, 4) is 11.4 Å². The van der Waals surface area contributed by atoms with Gasteiger partial charge < -0.3 is 4.98 Å². The molecule has 0 aliphatic rings. The molecule has 0 aliphatic carbocycles. The standard InChI is InChI=1S/C14H13Br2ClN2O/c1-14(2,3)11-10(16)13(20)19-12(18-11)8-6-7(15)4-5-9(8)17/h4-6H,1-3H3,(H,18,19,20). The molecule has 0 unspecified atom stereocenters. The fraction of sp³-hybridized carbons (Fsp3) is 0.286. The monoisotopic (exact) mass is 418 g/mol. The summed E-state index contributed by atoms with van der Waals surface area (Å²) in [5.41, 5.74) is 0.930. The van der Waals surface area contributed by atoms with Gasteiger partial charge in [0.05, 0.1) is 10.7 Å². The molecular weight excluding hydrogens is 407 g/mol. The van der Waals surface area contributed by atoms with Crippen molar-refractivity contribution in [3.63, 3.8) is 0 Å². The third-order valence-corrected chi connectivity index (χ3v) is 4.32. The van der Waals surface area contributed by atoms with Crippen LogP contribution in [0.5, 0.6) is 0 Å². The van der Waals surface area contributed by atoms with Crippen LogP contribution >= 0.6 is 43.5 Å². The Bertz CT molecular complexity index is 720. The van der Waals surface area contributed by atoms with E-state index in [1.54, 1.807) is 6.07 Å². The summed E-state index contributed by atoms with van der Waals surface area (Å²) < 4.78 is 1.33. The summed E-state index contributed by atoms with van der Waals surface area (Å²) in [6.45, 7) is 6.02. The van der Waals surface area contributed by atoms with Crippen LogP contribution in [0.3, 0.4) is 0 Å². The van der Waals surface area contributed by atoms with Crippen LogP contribution < -0.4 is 5.56 Å². The molecule has 0 bridgehead atoms. The Balaban J connectivity index is 2.74. The van der Waals surface area contributed by atoms with Crippen molar-refractivity contribution in [2.45, 2.75) is 26.2 Å². The third kappa shape index (κ3) is 3.15. The second kappa shape index (κ2) is 5.62. The summed E-state index contributed by atoms with van der Waals surface area (Å²) in [6, 6.07) is 5.44. The smallest absolute Gasteiger partial charge is 0.265 e. The van der Waals surface area contributed by atoms with Gasteiger partial charge in [-0.2, -0.15) is 0 Å². The van der Waals surface area contributed by atoms with Crippen LogP contribution in [-0.2, 0) is 5.41 Å². The van der Waals surface area contributed by atoms with Crippen molar-refractivity contribution < 1.29 is 0 Å². The Hall–Kier alpha value is -0.650. The van der Waals surface area contributed by atoms with Gasteiger partial charge in [-0.3, -0.25) is 4.79 Å². The number of H-pyrrole nitrogens is 1. The SMILES string of the molecule is CC(C)(C)c1nc(-c2cc(Br)ccc2Cl)[nH]c(=O)c1Br. The van der Waals surface area contributed by atoms with E-state index in [9.17, 15) is 4.79 Å². The zero-order valence-electron chi connectivity index (χ0n) is 11.2. The molecule has 0 spiro atoms. The lowest BCUT2D eigenvalue weighted by Gasteiger charge is -2.20. The molecule has 1 aromatic carbocycles. The second-order valence-corrected chi connectivity index (χ2v) is 7.57. The van der Waals surface area contributed by atoms with E-state index in [1.165, 1.54) is 0 Å². The van der Waals surface area contributed by atoms with E-state index >= 15 is 0 Å². The maximum absolute atomic E-state index is 12.1. The lowest BCUT2D eigenvalue weighted by atomic mass is 9.92. The summed E-state index contributed by atoms with van der Waals surface area (Å²) in [5.74, 6) is 0.467. The molecular formula is C14H13Br2ClN2O. The zero-order chi connectivity index (χ0) is 15.1. The maximum Gasteiger partial charge on any atom is 0.265 e. The summed E-state index contributed by atoms with van der Waals surface area (Å²) >= 11 is 12.9. The molecule has 1 N–H and O–H groups in total. The lowest BCUT2D eigenvalue weighted by molar-refractivity contribution is 0.562. The molecule has 1 heterocycles. The topological polar surface area (TPSA) is 45.8 Å². The van der Waals surface area contributed by atoms with Crippen molar-refractivity contribution in [2.24, 2.45) is 0 Å². The Kier molecular flexibility index (Phi) is 4.42. The highest BCUT2D eigenvalue weighted by Crippen LogP contribution is 2.31. The van der Waals surface area contributed by atoms with E-state index in [0.29, 0.717) is 26.6 Å². The number of aromatic nitrogens is 2. The van der Waals surface area contributed by atoms with Crippen LogP contribution in [-0.4, -0.2) is 9.97 Å². The number of benzene rings is 1. The van der Waals surface area contributed by atoms with Crippen molar-refractivity contribution in [2.75, 3.05) is 0 Å². The minimum Gasteiger partial charge on any atom is -0.305 e. The fourth-order valence-corrected chi connectivity index (χ4v) is 3.11. The number of aromatic amines is 1. The molecule has 2 rings (SSSR count). The van der Waals surface area contributed by atoms with Gasteiger partial charge in [-0.15, -0.1) is 0 Å². The molecule has 0 saturated carbocycles. The minimum atomic E-state index is -0.250. The van der Waals surface area contributed by atoms with Gasteiger partial charge in [-0.05, 0) is 34.1 Å². The molecule has 6 heteroatoms. The number of hydrogen-bond donors (Lipinski definition) is 1. The predicted molar refractivity (Wildman–Crippen MR) is 89.4 cm³/mol. The molecule has 106 valence electrons. The predicted octanol–water partition coefficient (Wildman–Crippen LogP) is 4.91. The quantitative estimate of drug-likeness (QED) is 0.712. The largest absolute Gasteiger partial charge is 0.305 e. The van der Waals surface area contributed by atoms with Gasteiger partial charge in [-0.25, -0.2) is 4.98 Å². The Morgan fingerprint density at radius 2 is 1.90 bits per heavy atom. The average Bonchev–Trinajstić information content (AvgIpc) is 2.34. The summed E-state index contributed by atoms with van der Waals surface area (Å²) in [7, 11) is 0. The first-order valence-corrected chi connectivity index (χ1v) is 7.92. The van der Waals surface area contributed by atoms with Gasteiger partial charge in [-0.1, -0.05) is 48.3 Å². The number of rotatable bonds is 1. The van der Waals surface area contributed by atoms with Crippen LogP contribution in [0, 0.1) is 0 Å². The van der Waals surface area contributed by atoms with Crippen LogP contribution in [0.15, 0.2) is 31.9 Å². The summed E-state index contributed by atoms with van der Waals surface area (Å²) in [4.78, 5) is 19.4. The molecule has 3 nitrogen and oxygen atoms in total. The van der Waals surface area contributed by atoms with Crippen molar-refractivity contribution in [3.05, 3.63) is 48.2 Å². The normalized spacial score (nSPS) is 11.7. The maximum atomic E-state index is 12.1. The van der Waals surface area contributed by atoms with Crippen LogP contribution in [0.2, 0.25) is 5.02 Å². The Morgan fingerprint density at radius 3 is 2.50 bits per heavy atom. The van der Waals surface area contributed by atoms with E-state index in [2.05, 4.69) is 41.8 Å². The van der Waals surface area contributed by atoms with Gasteiger partial charge in [0.25, 0.3) is 5.56 Å². The van der Waals surface area contributed by atoms with E-state index in [4.69, 9.17) is 11.6 Å². The van der Waals surface area contributed by atoms with Gasteiger partial charge >= 0.3 is 0 Å². The van der Waals surface area contributed by atoms with E-state index in [-0.39, 0.29) is 11.0 Å². The molecule has 0 fully saturated rings. The summed E-state index contributed by atoms with van der Waals surface area (Å²) in [6.07, 6.45) is 0. The minimum absolute atomic E-state index is 0.212. The molecule has 1 aromatic heterocycles. The highest BCUT2D eigenvalue weighted by atomic mass is 79.9. The first-order chi connectivity index (χ1) is 9.20. The first-order valence-electron chi connectivity index (χ1n) is 5.96.